The molecule has 2 aliphatic heterocycles. The van der Waals surface area contributed by atoms with Crippen molar-refractivity contribution in [3.05, 3.63) is 24.3 Å². The van der Waals surface area contributed by atoms with Crippen LogP contribution in [0.25, 0.3) is 0 Å². The molecule has 5 nitrogen and oxygen atoms in total. The minimum Gasteiger partial charge on any atom is -0.402 e. The van der Waals surface area contributed by atoms with E-state index in [2.05, 4.69) is 0 Å². The molecule has 7 heteroatoms. The van der Waals surface area contributed by atoms with E-state index in [1.807, 2.05) is 26.8 Å². The van der Waals surface area contributed by atoms with Crippen LogP contribution in [0.4, 0.5) is 0 Å². The van der Waals surface area contributed by atoms with Gasteiger partial charge in [0.15, 0.2) is 0 Å². The Labute approximate surface area is 132 Å². The van der Waals surface area contributed by atoms with Gasteiger partial charge < -0.3 is 9.31 Å². The van der Waals surface area contributed by atoms with Crippen molar-refractivity contribution in [2.24, 2.45) is 0 Å². The summed E-state index contributed by atoms with van der Waals surface area (Å²) in [5.41, 5.74) is 0.367. The van der Waals surface area contributed by atoms with Crippen LogP contribution in [0.15, 0.2) is 29.2 Å². The summed E-state index contributed by atoms with van der Waals surface area (Å²) < 4.78 is 38.6. The zero-order valence-corrected chi connectivity index (χ0v) is 14.1. The Kier molecular flexibility index (Phi) is 4.10. The quantitative estimate of drug-likeness (QED) is 0.789. The topological polar surface area (TPSA) is 55.8 Å². The lowest BCUT2D eigenvalue weighted by atomic mass is 9.79. The van der Waals surface area contributed by atoms with E-state index >= 15 is 0 Å². The molecule has 2 aliphatic rings. The van der Waals surface area contributed by atoms with Gasteiger partial charge in [0.1, 0.15) is 0 Å². The number of hydrogen-bond acceptors (Lipinski definition) is 4. The average Bonchev–Trinajstić information content (AvgIpc) is 3.09. The van der Waals surface area contributed by atoms with Crippen LogP contribution in [0.2, 0.25) is 0 Å². The second kappa shape index (κ2) is 5.63. The number of hydrogen-bond donors (Lipinski definition) is 0. The van der Waals surface area contributed by atoms with Gasteiger partial charge in [-0.05, 0) is 51.2 Å². The van der Waals surface area contributed by atoms with E-state index in [1.165, 1.54) is 0 Å². The molecule has 3 rings (SSSR count). The first-order chi connectivity index (χ1) is 10.3. The van der Waals surface area contributed by atoms with Gasteiger partial charge in [0.25, 0.3) is 0 Å². The van der Waals surface area contributed by atoms with E-state index in [4.69, 9.17) is 9.31 Å². The zero-order chi connectivity index (χ0) is 16.0. The van der Waals surface area contributed by atoms with Crippen molar-refractivity contribution in [1.29, 1.82) is 0 Å². The van der Waals surface area contributed by atoms with Crippen LogP contribution in [0.3, 0.4) is 0 Å². The molecule has 0 N–H and O–H groups in total. The second-order valence-corrected chi connectivity index (χ2v) is 8.45. The van der Waals surface area contributed by atoms with Crippen LogP contribution in [-0.4, -0.2) is 44.6 Å². The number of sulfonamides is 1. The Balaban J connectivity index is 1.87. The molecule has 2 heterocycles. The second-order valence-electron chi connectivity index (χ2n) is 6.52. The molecule has 0 bridgehead atoms. The van der Waals surface area contributed by atoms with Crippen molar-refractivity contribution in [3.63, 3.8) is 0 Å². The van der Waals surface area contributed by atoms with Gasteiger partial charge in [-0.2, -0.15) is 4.31 Å². The zero-order valence-electron chi connectivity index (χ0n) is 13.3. The number of nitrogens with zero attached hydrogens (tertiary/aromatic N) is 1. The maximum absolute atomic E-state index is 12.6. The smallest absolute Gasteiger partial charge is 0.402 e. The van der Waals surface area contributed by atoms with Crippen molar-refractivity contribution in [2.75, 3.05) is 13.1 Å². The Hall–Kier alpha value is -0.885. The van der Waals surface area contributed by atoms with Crippen molar-refractivity contribution in [2.45, 2.75) is 50.2 Å². The first kappa shape index (κ1) is 16.0. The highest BCUT2D eigenvalue weighted by atomic mass is 32.2. The fourth-order valence-electron chi connectivity index (χ4n) is 2.79. The molecule has 120 valence electrons. The van der Waals surface area contributed by atoms with Crippen LogP contribution in [0.1, 0.15) is 33.6 Å². The normalized spacial score (nSPS) is 25.8. The first-order valence-electron chi connectivity index (χ1n) is 7.74. The van der Waals surface area contributed by atoms with Crippen LogP contribution in [-0.2, 0) is 19.3 Å². The lowest BCUT2D eigenvalue weighted by molar-refractivity contribution is 0.0842. The van der Waals surface area contributed by atoms with E-state index < -0.39 is 17.1 Å². The van der Waals surface area contributed by atoms with E-state index in [0.717, 1.165) is 18.3 Å². The standard InChI is InChI=1S/C15H22BNO4S/c1-12-15(2,3)21-16(20-12)13-7-6-8-14(11-13)22(18,19)17-9-4-5-10-17/h6-8,11-12H,4-5,9-10H2,1-3H3. The minimum absolute atomic E-state index is 0.0451. The van der Waals surface area contributed by atoms with Gasteiger partial charge in [0.05, 0.1) is 16.6 Å². The maximum atomic E-state index is 12.6. The molecule has 0 amide bonds. The average molecular weight is 323 g/mol. The van der Waals surface area contributed by atoms with Gasteiger partial charge in [0, 0.05) is 13.1 Å². The summed E-state index contributed by atoms with van der Waals surface area (Å²) in [6.07, 6.45) is 1.82. The molecule has 0 spiro atoms. The van der Waals surface area contributed by atoms with Crippen LogP contribution in [0, 0.1) is 0 Å². The van der Waals surface area contributed by atoms with Gasteiger partial charge in [-0.15, -0.1) is 0 Å². The predicted molar refractivity (Wildman–Crippen MR) is 85.5 cm³/mol. The van der Waals surface area contributed by atoms with Gasteiger partial charge in [-0.1, -0.05) is 12.1 Å². The summed E-state index contributed by atoms with van der Waals surface area (Å²) in [5.74, 6) is 0. The minimum atomic E-state index is -3.41. The summed E-state index contributed by atoms with van der Waals surface area (Å²) in [7, 11) is -3.93. The molecule has 1 aromatic carbocycles. The molecule has 2 fully saturated rings. The third kappa shape index (κ3) is 2.83. The molecule has 1 atom stereocenters. The predicted octanol–water partition coefficient (Wildman–Crippen LogP) is 1.38. The van der Waals surface area contributed by atoms with E-state index in [0.29, 0.717) is 18.0 Å². The van der Waals surface area contributed by atoms with Crippen molar-refractivity contribution >= 4 is 22.6 Å². The van der Waals surface area contributed by atoms with Crippen LogP contribution < -0.4 is 5.46 Å². The Morgan fingerprint density at radius 3 is 2.55 bits per heavy atom. The van der Waals surface area contributed by atoms with Crippen molar-refractivity contribution < 1.29 is 17.7 Å². The largest absolute Gasteiger partial charge is 0.494 e. The third-order valence-electron chi connectivity index (χ3n) is 4.55. The molecular weight excluding hydrogens is 301 g/mol. The monoisotopic (exact) mass is 323 g/mol. The first-order valence-corrected chi connectivity index (χ1v) is 9.18. The Morgan fingerprint density at radius 1 is 1.27 bits per heavy atom. The van der Waals surface area contributed by atoms with Crippen LogP contribution in [0.5, 0.6) is 0 Å². The Bertz CT molecular complexity index is 655. The highest BCUT2D eigenvalue weighted by Gasteiger charge is 2.44. The van der Waals surface area contributed by atoms with Crippen LogP contribution >= 0.6 is 0 Å². The highest BCUT2D eigenvalue weighted by molar-refractivity contribution is 7.89. The lowest BCUT2D eigenvalue weighted by Gasteiger charge is -2.21. The van der Waals surface area contributed by atoms with Crippen molar-refractivity contribution in [1.82, 2.24) is 4.31 Å². The summed E-state index contributed by atoms with van der Waals surface area (Å²) >= 11 is 0. The molecule has 0 aliphatic carbocycles. The SMILES string of the molecule is CC1OB(c2cccc(S(=O)(=O)N3CCCC3)c2)OC1(C)C. The molecule has 22 heavy (non-hydrogen) atoms. The molecule has 0 aromatic heterocycles. The van der Waals surface area contributed by atoms with E-state index in [1.54, 1.807) is 22.5 Å². The maximum Gasteiger partial charge on any atom is 0.494 e. The molecule has 2 saturated heterocycles. The van der Waals surface area contributed by atoms with Gasteiger partial charge in [-0.25, -0.2) is 8.42 Å². The van der Waals surface area contributed by atoms with Gasteiger partial charge in [-0.3, -0.25) is 0 Å². The number of rotatable bonds is 3. The fourth-order valence-corrected chi connectivity index (χ4v) is 4.37. The molecule has 1 aromatic rings. The highest BCUT2D eigenvalue weighted by Crippen LogP contribution is 2.27. The van der Waals surface area contributed by atoms with Gasteiger partial charge in [0.2, 0.25) is 10.0 Å². The summed E-state index contributed by atoms with van der Waals surface area (Å²) in [5, 5.41) is 0. The van der Waals surface area contributed by atoms with Crippen molar-refractivity contribution in [3.8, 4) is 0 Å². The molecule has 0 radical (unpaired) electrons. The molecule has 0 saturated carbocycles. The third-order valence-corrected chi connectivity index (χ3v) is 6.45. The Morgan fingerprint density at radius 2 is 1.95 bits per heavy atom. The van der Waals surface area contributed by atoms with E-state index in [9.17, 15) is 8.42 Å². The summed E-state index contributed by atoms with van der Waals surface area (Å²) in [6, 6.07) is 6.91. The molecular formula is C15H22BNO4S. The number of benzene rings is 1. The summed E-state index contributed by atoms with van der Waals surface area (Å²) in [6.45, 7) is 7.12. The summed E-state index contributed by atoms with van der Waals surface area (Å²) in [4.78, 5) is 0.316. The molecule has 1 unspecified atom stereocenters. The lowest BCUT2D eigenvalue weighted by Crippen LogP contribution is -2.36. The van der Waals surface area contributed by atoms with E-state index in [-0.39, 0.29) is 11.7 Å². The fraction of sp³-hybridized carbons (Fsp3) is 0.600. The van der Waals surface area contributed by atoms with Gasteiger partial charge >= 0.3 is 7.12 Å².